The molecular weight excluding hydrogens is 184 g/mol. The van der Waals surface area contributed by atoms with Crippen LogP contribution >= 0.6 is 0 Å². The van der Waals surface area contributed by atoms with Crippen LogP contribution in [0.1, 0.15) is 17.2 Å². The summed E-state index contributed by atoms with van der Waals surface area (Å²) in [6, 6.07) is 4.76. The van der Waals surface area contributed by atoms with Gasteiger partial charge >= 0.3 is 5.97 Å². The van der Waals surface area contributed by atoms with Gasteiger partial charge in [0.1, 0.15) is 5.75 Å². The average molecular weight is 196 g/mol. The molecule has 0 fully saturated rings. The van der Waals surface area contributed by atoms with E-state index in [-0.39, 0.29) is 0 Å². The van der Waals surface area contributed by atoms with Crippen molar-refractivity contribution in [1.82, 2.24) is 0 Å². The van der Waals surface area contributed by atoms with E-state index in [2.05, 4.69) is 0 Å². The fourth-order valence-electron chi connectivity index (χ4n) is 1.21. The van der Waals surface area contributed by atoms with E-state index in [0.717, 1.165) is 5.56 Å². The second kappa shape index (κ2) is 4.11. The monoisotopic (exact) mass is 196 g/mol. The number of methoxy groups -OCH3 is 1. The second-order valence-corrected chi connectivity index (χ2v) is 2.97. The van der Waals surface area contributed by atoms with E-state index in [4.69, 9.17) is 9.84 Å². The highest BCUT2D eigenvalue weighted by Gasteiger charge is 2.16. The van der Waals surface area contributed by atoms with Crippen LogP contribution < -0.4 is 4.74 Å². The van der Waals surface area contributed by atoms with Crippen molar-refractivity contribution in [2.24, 2.45) is 0 Å². The number of carbonyl (C=O) groups is 1. The standard InChI is InChI=1S/C10H12O4/c1-6-5-7(9(11)10(12)13)3-4-8(6)14-2/h3-5,9,11H,1-2H3,(H,12,13)/t9-/m1/s1. The summed E-state index contributed by atoms with van der Waals surface area (Å²) in [5.74, 6) is -0.582. The largest absolute Gasteiger partial charge is 0.496 e. The Morgan fingerprint density at radius 3 is 2.57 bits per heavy atom. The van der Waals surface area contributed by atoms with Crippen LogP contribution in [0.3, 0.4) is 0 Å². The number of carboxylic acid groups (broad SMARTS) is 1. The van der Waals surface area contributed by atoms with Crippen molar-refractivity contribution in [2.45, 2.75) is 13.0 Å². The Hall–Kier alpha value is -1.55. The zero-order valence-electron chi connectivity index (χ0n) is 8.02. The molecule has 0 aliphatic heterocycles. The highest BCUT2D eigenvalue weighted by Crippen LogP contribution is 2.22. The maximum atomic E-state index is 10.5. The molecule has 0 spiro atoms. The number of hydrogen-bond donors (Lipinski definition) is 2. The van der Waals surface area contributed by atoms with E-state index in [1.165, 1.54) is 13.2 Å². The van der Waals surface area contributed by atoms with Gasteiger partial charge in [-0.1, -0.05) is 6.07 Å². The second-order valence-electron chi connectivity index (χ2n) is 2.97. The molecule has 14 heavy (non-hydrogen) atoms. The van der Waals surface area contributed by atoms with Gasteiger partial charge in [-0.3, -0.25) is 0 Å². The van der Waals surface area contributed by atoms with Gasteiger partial charge in [0.25, 0.3) is 0 Å². The van der Waals surface area contributed by atoms with Crippen LogP contribution in [-0.2, 0) is 4.79 Å². The van der Waals surface area contributed by atoms with Gasteiger partial charge < -0.3 is 14.9 Å². The SMILES string of the molecule is COc1ccc([C@@H](O)C(=O)O)cc1C. The molecule has 4 nitrogen and oxygen atoms in total. The lowest BCUT2D eigenvalue weighted by molar-refractivity contribution is -0.146. The normalized spacial score (nSPS) is 12.2. The topological polar surface area (TPSA) is 66.8 Å². The predicted molar refractivity (Wildman–Crippen MR) is 50.3 cm³/mol. The maximum absolute atomic E-state index is 10.5. The highest BCUT2D eigenvalue weighted by atomic mass is 16.5. The van der Waals surface area contributed by atoms with Crippen molar-refractivity contribution < 1.29 is 19.7 Å². The van der Waals surface area contributed by atoms with Crippen molar-refractivity contribution in [1.29, 1.82) is 0 Å². The van der Waals surface area contributed by atoms with E-state index >= 15 is 0 Å². The van der Waals surface area contributed by atoms with Gasteiger partial charge in [-0.2, -0.15) is 0 Å². The number of hydrogen-bond acceptors (Lipinski definition) is 3. The summed E-state index contributed by atoms with van der Waals surface area (Å²) in [4.78, 5) is 10.5. The Labute approximate surface area is 81.8 Å². The molecule has 0 unspecified atom stereocenters. The number of aliphatic hydroxyl groups excluding tert-OH is 1. The van der Waals surface area contributed by atoms with E-state index in [1.807, 2.05) is 0 Å². The summed E-state index contributed by atoms with van der Waals surface area (Å²) >= 11 is 0. The van der Waals surface area contributed by atoms with Gasteiger partial charge in [-0.25, -0.2) is 4.79 Å². The molecule has 0 bridgehead atoms. The van der Waals surface area contributed by atoms with Gasteiger partial charge in [-0.15, -0.1) is 0 Å². The lowest BCUT2D eigenvalue weighted by Gasteiger charge is -2.09. The minimum atomic E-state index is -1.47. The quantitative estimate of drug-likeness (QED) is 0.760. The van der Waals surface area contributed by atoms with Crippen LogP contribution in [0.2, 0.25) is 0 Å². The first-order chi connectivity index (χ1) is 6.56. The van der Waals surface area contributed by atoms with Crippen molar-refractivity contribution in [3.63, 3.8) is 0 Å². The molecule has 1 rings (SSSR count). The number of aliphatic hydroxyl groups is 1. The first-order valence-corrected chi connectivity index (χ1v) is 4.11. The summed E-state index contributed by atoms with van der Waals surface area (Å²) in [6.45, 7) is 1.79. The lowest BCUT2D eigenvalue weighted by atomic mass is 10.1. The molecule has 0 radical (unpaired) electrons. The van der Waals surface area contributed by atoms with Crippen LogP contribution in [0.25, 0.3) is 0 Å². The molecule has 0 aliphatic carbocycles. The van der Waals surface area contributed by atoms with Gasteiger partial charge in [-0.05, 0) is 30.2 Å². The number of aryl methyl sites for hydroxylation is 1. The van der Waals surface area contributed by atoms with Gasteiger partial charge in [0.05, 0.1) is 7.11 Å². The first kappa shape index (κ1) is 10.5. The molecule has 0 aliphatic rings. The molecule has 1 atom stereocenters. The number of carboxylic acids is 1. The first-order valence-electron chi connectivity index (χ1n) is 4.11. The van der Waals surface area contributed by atoms with E-state index in [0.29, 0.717) is 11.3 Å². The van der Waals surface area contributed by atoms with E-state index < -0.39 is 12.1 Å². The average Bonchev–Trinajstić information content (AvgIpc) is 2.16. The predicted octanol–water partition coefficient (Wildman–Crippen LogP) is 1.12. The number of benzene rings is 1. The molecule has 0 aromatic heterocycles. The molecule has 0 saturated heterocycles. The Kier molecular flexibility index (Phi) is 3.09. The summed E-state index contributed by atoms with van der Waals surface area (Å²) in [5.41, 5.74) is 1.15. The van der Waals surface area contributed by atoms with Crippen molar-refractivity contribution in [3.05, 3.63) is 29.3 Å². The highest BCUT2D eigenvalue weighted by molar-refractivity contribution is 5.74. The van der Waals surface area contributed by atoms with Crippen molar-refractivity contribution >= 4 is 5.97 Å². The fraction of sp³-hybridized carbons (Fsp3) is 0.300. The number of ether oxygens (including phenoxy) is 1. The molecule has 0 heterocycles. The smallest absolute Gasteiger partial charge is 0.337 e. The molecule has 1 aromatic carbocycles. The third-order valence-electron chi connectivity index (χ3n) is 1.97. The lowest BCUT2D eigenvalue weighted by Crippen LogP contribution is -2.10. The molecule has 2 N–H and O–H groups in total. The zero-order valence-corrected chi connectivity index (χ0v) is 8.02. The molecule has 1 aromatic rings. The van der Waals surface area contributed by atoms with Gasteiger partial charge in [0, 0.05) is 0 Å². The van der Waals surface area contributed by atoms with Crippen LogP contribution in [-0.4, -0.2) is 23.3 Å². The molecule has 0 saturated carbocycles. The molecular formula is C10H12O4. The van der Waals surface area contributed by atoms with Crippen LogP contribution in [0.5, 0.6) is 5.75 Å². The van der Waals surface area contributed by atoms with E-state index in [1.54, 1.807) is 19.1 Å². The number of rotatable bonds is 3. The van der Waals surface area contributed by atoms with Crippen LogP contribution in [0.4, 0.5) is 0 Å². The summed E-state index contributed by atoms with van der Waals surface area (Å²) in [5, 5.41) is 17.8. The zero-order chi connectivity index (χ0) is 10.7. The third-order valence-corrected chi connectivity index (χ3v) is 1.97. The molecule has 4 heteroatoms. The fourth-order valence-corrected chi connectivity index (χ4v) is 1.21. The number of aliphatic carboxylic acids is 1. The minimum absolute atomic E-state index is 0.357. The summed E-state index contributed by atoms with van der Waals surface area (Å²) in [6.07, 6.45) is -1.47. The summed E-state index contributed by atoms with van der Waals surface area (Å²) in [7, 11) is 1.54. The molecule has 76 valence electrons. The Bertz CT molecular complexity index is 346. The van der Waals surface area contributed by atoms with Crippen molar-refractivity contribution in [2.75, 3.05) is 7.11 Å². The Balaban J connectivity index is 3.02. The minimum Gasteiger partial charge on any atom is -0.496 e. The van der Waals surface area contributed by atoms with E-state index in [9.17, 15) is 9.90 Å². The molecule has 0 amide bonds. The van der Waals surface area contributed by atoms with Crippen molar-refractivity contribution in [3.8, 4) is 5.75 Å². The third kappa shape index (κ3) is 2.03. The van der Waals surface area contributed by atoms with Crippen LogP contribution in [0.15, 0.2) is 18.2 Å². The Morgan fingerprint density at radius 1 is 1.50 bits per heavy atom. The van der Waals surface area contributed by atoms with Gasteiger partial charge in [0.2, 0.25) is 0 Å². The summed E-state index contributed by atoms with van der Waals surface area (Å²) < 4.78 is 5.01. The van der Waals surface area contributed by atoms with Crippen LogP contribution in [0, 0.1) is 6.92 Å². The maximum Gasteiger partial charge on any atom is 0.337 e. The van der Waals surface area contributed by atoms with Gasteiger partial charge in [0.15, 0.2) is 6.10 Å². The Morgan fingerprint density at radius 2 is 2.14 bits per heavy atom.